The van der Waals surface area contributed by atoms with Crippen LogP contribution < -0.4 is 10.1 Å². The van der Waals surface area contributed by atoms with E-state index in [4.69, 9.17) is 16.3 Å². The molecule has 0 spiro atoms. The van der Waals surface area contributed by atoms with Crippen molar-refractivity contribution in [3.8, 4) is 11.4 Å². The van der Waals surface area contributed by atoms with E-state index in [1.807, 2.05) is 35.7 Å². The molecule has 0 fully saturated rings. The summed E-state index contributed by atoms with van der Waals surface area (Å²) in [6.07, 6.45) is 1.98. The summed E-state index contributed by atoms with van der Waals surface area (Å²) in [7, 11) is 0. The van der Waals surface area contributed by atoms with Crippen molar-refractivity contribution in [2.45, 2.75) is 13.0 Å². The fraction of sp³-hybridized carbons (Fsp3) is 0.0952. The van der Waals surface area contributed by atoms with Gasteiger partial charge >= 0.3 is 0 Å². The van der Waals surface area contributed by atoms with Crippen molar-refractivity contribution in [3.63, 3.8) is 0 Å². The highest BCUT2D eigenvalue weighted by Gasteiger charge is 2.10. The number of amides is 1. The Morgan fingerprint density at radius 1 is 1.10 bits per heavy atom. The van der Waals surface area contributed by atoms with E-state index in [0.717, 1.165) is 16.4 Å². The van der Waals surface area contributed by atoms with Crippen LogP contribution in [-0.4, -0.2) is 20.7 Å². The second kappa shape index (κ2) is 8.89. The van der Waals surface area contributed by atoms with Gasteiger partial charge in [0.25, 0.3) is 0 Å². The van der Waals surface area contributed by atoms with Gasteiger partial charge in [0.15, 0.2) is 5.82 Å². The number of ether oxygens (including phenoxy) is 1. The van der Waals surface area contributed by atoms with Crippen LogP contribution in [0.3, 0.4) is 0 Å². The summed E-state index contributed by atoms with van der Waals surface area (Å²) >= 11 is 7.32. The van der Waals surface area contributed by atoms with E-state index < -0.39 is 0 Å². The average molecular weight is 425 g/mol. The largest absolute Gasteiger partial charge is 0.486 e. The van der Waals surface area contributed by atoms with E-state index in [1.54, 1.807) is 41.2 Å². The molecule has 4 aromatic rings. The van der Waals surface area contributed by atoms with Gasteiger partial charge in [-0.1, -0.05) is 29.8 Å². The molecule has 2 aromatic carbocycles. The number of para-hydroxylation sites is 1. The molecule has 2 aromatic heterocycles. The van der Waals surface area contributed by atoms with Crippen LogP contribution in [0.1, 0.15) is 10.7 Å². The number of thiazole rings is 1. The van der Waals surface area contributed by atoms with Gasteiger partial charge in [0.05, 0.1) is 17.8 Å². The van der Waals surface area contributed by atoms with E-state index in [-0.39, 0.29) is 12.3 Å². The summed E-state index contributed by atoms with van der Waals surface area (Å²) in [5.41, 5.74) is 1.63. The third kappa shape index (κ3) is 5.22. The third-order valence-corrected chi connectivity index (χ3v) is 5.12. The first-order valence-corrected chi connectivity index (χ1v) is 10.1. The van der Waals surface area contributed by atoms with E-state index in [1.165, 1.54) is 11.3 Å². The molecule has 0 aliphatic heterocycles. The van der Waals surface area contributed by atoms with Gasteiger partial charge in [-0.2, -0.15) is 5.10 Å². The molecule has 146 valence electrons. The summed E-state index contributed by atoms with van der Waals surface area (Å²) in [5, 5.41) is 10.5. The molecule has 0 saturated carbocycles. The van der Waals surface area contributed by atoms with E-state index in [9.17, 15) is 4.79 Å². The Hall–Kier alpha value is -3.16. The first kappa shape index (κ1) is 19.2. The molecule has 29 heavy (non-hydrogen) atoms. The number of anilines is 1. The van der Waals surface area contributed by atoms with Crippen molar-refractivity contribution in [3.05, 3.63) is 88.0 Å². The molecular formula is C21H17ClN4O2S. The van der Waals surface area contributed by atoms with Gasteiger partial charge in [-0.3, -0.25) is 4.79 Å². The van der Waals surface area contributed by atoms with Gasteiger partial charge in [-0.25, -0.2) is 9.67 Å². The van der Waals surface area contributed by atoms with Crippen molar-refractivity contribution in [1.29, 1.82) is 0 Å². The minimum Gasteiger partial charge on any atom is -0.486 e. The molecule has 0 bridgehead atoms. The molecule has 1 amide bonds. The number of rotatable bonds is 7. The van der Waals surface area contributed by atoms with Crippen molar-refractivity contribution >= 4 is 34.7 Å². The molecule has 0 radical (unpaired) electrons. The van der Waals surface area contributed by atoms with Crippen LogP contribution in [0.25, 0.3) is 5.69 Å². The zero-order valence-corrected chi connectivity index (χ0v) is 16.9. The number of benzene rings is 2. The SMILES string of the molecule is O=C(Cc1csc(COc2ccc(Cl)cc2)n1)Nc1ccn(-c2ccccc2)n1. The molecular weight excluding hydrogens is 408 g/mol. The second-order valence-electron chi connectivity index (χ2n) is 6.18. The number of hydrogen-bond donors (Lipinski definition) is 1. The summed E-state index contributed by atoms with van der Waals surface area (Å²) in [6, 6.07) is 18.6. The Morgan fingerprint density at radius 3 is 2.69 bits per heavy atom. The molecule has 0 atom stereocenters. The molecule has 1 N–H and O–H groups in total. The Kier molecular flexibility index (Phi) is 5.88. The highest BCUT2D eigenvalue weighted by Crippen LogP contribution is 2.18. The fourth-order valence-corrected chi connectivity index (χ4v) is 3.47. The van der Waals surface area contributed by atoms with E-state index in [0.29, 0.717) is 23.1 Å². The lowest BCUT2D eigenvalue weighted by atomic mass is 10.3. The Bertz CT molecular complexity index is 1090. The van der Waals surface area contributed by atoms with E-state index in [2.05, 4.69) is 15.4 Å². The predicted octanol–water partition coefficient (Wildman–Crippen LogP) is 4.74. The number of nitrogens with one attached hydrogen (secondary N) is 1. The van der Waals surface area contributed by atoms with Crippen LogP contribution in [0.15, 0.2) is 72.2 Å². The number of carbonyl (C=O) groups excluding carboxylic acids is 1. The standard InChI is InChI=1S/C21H17ClN4O2S/c22-15-6-8-18(9-7-15)28-13-21-23-16(14-29-21)12-20(27)24-19-10-11-26(25-19)17-4-2-1-3-5-17/h1-11,14H,12-13H2,(H,24,25,27). The minimum atomic E-state index is -0.168. The van der Waals surface area contributed by atoms with Gasteiger partial charge in [0, 0.05) is 22.7 Å². The monoisotopic (exact) mass is 424 g/mol. The number of carbonyl (C=O) groups is 1. The molecule has 2 heterocycles. The van der Waals surface area contributed by atoms with Crippen molar-refractivity contribution in [1.82, 2.24) is 14.8 Å². The number of aromatic nitrogens is 3. The van der Waals surface area contributed by atoms with Crippen molar-refractivity contribution < 1.29 is 9.53 Å². The molecule has 6 nitrogen and oxygen atoms in total. The lowest BCUT2D eigenvalue weighted by molar-refractivity contribution is -0.115. The maximum absolute atomic E-state index is 12.3. The second-order valence-corrected chi connectivity index (χ2v) is 7.56. The molecule has 0 aliphatic carbocycles. The Morgan fingerprint density at radius 2 is 1.90 bits per heavy atom. The van der Waals surface area contributed by atoms with Crippen molar-refractivity contribution in [2.24, 2.45) is 0 Å². The van der Waals surface area contributed by atoms with Crippen LogP contribution >= 0.6 is 22.9 Å². The molecule has 0 aliphatic rings. The highest BCUT2D eigenvalue weighted by molar-refractivity contribution is 7.09. The van der Waals surface area contributed by atoms with Gasteiger partial charge < -0.3 is 10.1 Å². The third-order valence-electron chi connectivity index (χ3n) is 3.99. The maximum atomic E-state index is 12.3. The zero-order valence-electron chi connectivity index (χ0n) is 15.3. The van der Waals surface area contributed by atoms with Gasteiger partial charge in [-0.15, -0.1) is 11.3 Å². The molecule has 8 heteroatoms. The Balaban J connectivity index is 1.30. The summed E-state index contributed by atoms with van der Waals surface area (Å²) in [4.78, 5) is 16.8. The molecule has 0 saturated heterocycles. The summed E-state index contributed by atoms with van der Waals surface area (Å²) < 4.78 is 7.39. The average Bonchev–Trinajstić information content (AvgIpc) is 3.38. The summed E-state index contributed by atoms with van der Waals surface area (Å²) in [5.74, 6) is 1.05. The molecule has 4 rings (SSSR count). The molecule has 0 unspecified atom stereocenters. The Labute approximate surface area is 176 Å². The first-order valence-electron chi connectivity index (χ1n) is 8.88. The maximum Gasteiger partial charge on any atom is 0.231 e. The number of halogens is 1. The van der Waals surface area contributed by atoms with Crippen LogP contribution in [-0.2, 0) is 17.8 Å². The van der Waals surface area contributed by atoms with Gasteiger partial charge in [-0.05, 0) is 36.4 Å². The van der Waals surface area contributed by atoms with Crippen LogP contribution in [0.2, 0.25) is 5.02 Å². The smallest absolute Gasteiger partial charge is 0.231 e. The van der Waals surface area contributed by atoms with Crippen LogP contribution in [0, 0.1) is 0 Å². The number of nitrogens with zero attached hydrogens (tertiary/aromatic N) is 3. The lowest BCUT2D eigenvalue weighted by Gasteiger charge is -2.03. The lowest BCUT2D eigenvalue weighted by Crippen LogP contribution is -2.15. The normalized spacial score (nSPS) is 10.7. The fourth-order valence-electron chi connectivity index (χ4n) is 2.64. The van der Waals surface area contributed by atoms with E-state index >= 15 is 0 Å². The van der Waals surface area contributed by atoms with Gasteiger partial charge in [0.1, 0.15) is 17.4 Å². The minimum absolute atomic E-state index is 0.168. The topological polar surface area (TPSA) is 69.0 Å². The van der Waals surface area contributed by atoms with Crippen LogP contribution in [0.5, 0.6) is 5.75 Å². The quantitative estimate of drug-likeness (QED) is 0.465. The predicted molar refractivity (Wildman–Crippen MR) is 114 cm³/mol. The van der Waals surface area contributed by atoms with Crippen molar-refractivity contribution in [2.75, 3.05) is 5.32 Å². The summed E-state index contributed by atoms with van der Waals surface area (Å²) in [6.45, 7) is 0.343. The zero-order chi connectivity index (χ0) is 20.1. The van der Waals surface area contributed by atoms with Crippen LogP contribution in [0.4, 0.5) is 5.82 Å². The first-order chi connectivity index (χ1) is 14.2. The van der Waals surface area contributed by atoms with Gasteiger partial charge in [0.2, 0.25) is 5.91 Å². The highest BCUT2D eigenvalue weighted by atomic mass is 35.5. The number of hydrogen-bond acceptors (Lipinski definition) is 5.